The molecule has 3 aromatic carbocycles. The quantitative estimate of drug-likeness (QED) is 0.353. The van der Waals surface area contributed by atoms with Gasteiger partial charge in [-0.2, -0.15) is 0 Å². The standard InChI is InChI=1S/C28H28N2O3S/c1-21-25(28(23-13-6-3-7-14-23)24-15-8-9-16-26(24)30-21)19-27(31)29-17-10-18-34(32,33)20-22-11-4-2-5-12-22/h2-9,11-16H,10,17-20H2,1H3,(H,29,31). The van der Waals surface area contributed by atoms with Crippen LogP contribution in [0.3, 0.4) is 0 Å². The Labute approximate surface area is 200 Å². The van der Waals surface area contributed by atoms with E-state index in [4.69, 9.17) is 4.98 Å². The molecule has 0 bridgehead atoms. The van der Waals surface area contributed by atoms with Crippen molar-refractivity contribution in [2.45, 2.75) is 25.5 Å². The highest BCUT2D eigenvalue weighted by Gasteiger charge is 2.17. The van der Waals surface area contributed by atoms with Gasteiger partial charge in [0.05, 0.1) is 23.4 Å². The topological polar surface area (TPSA) is 76.1 Å². The Kier molecular flexibility index (Phi) is 7.38. The number of para-hydroxylation sites is 1. The number of hydrogen-bond donors (Lipinski definition) is 1. The van der Waals surface area contributed by atoms with Gasteiger partial charge >= 0.3 is 0 Å². The Morgan fingerprint density at radius 2 is 1.53 bits per heavy atom. The maximum atomic E-state index is 12.8. The maximum absolute atomic E-state index is 12.8. The van der Waals surface area contributed by atoms with E-state index in [0.29, 0.717) is 13.0 Å². The summed E-state index contributed by atoms with van der Waals surface area (Å²) in [4.78, 5) is 17.5. The summed E-state index contributed by atoms with van der Waals surface area (Å²) >= 11 is 0. The van der Waals surface area contributed by atoms with Crippen LogP contribution in [0.4, 0.5) is 0 Å². The van der Waals surface area contributed by atoms with Crippen molar-refractivity contribution in [1.29, 1.82) is 0 Å². The van der Waals surface area contributed by atoms with Crippen LogP contribution in [0.25, 0.3) is 22.0 Å². The van der Waals surface area contributed by atoms with E-state index in [0.717, 1.165) is 38.9 Å². The molecule has 34 heavy (non-hydrogen) atoms. The van der Waals surface area contributed by atoms with Crippen LogP contribution in [0.5, 0.6) is 0 Å². The summed E-state index contributed by atoms with van der Waals surface area (Å²) in [5.41, 5.74) is 5.44. The number of nitrogens with one attached hydrogen (secondary N) is 1. The molecule has 6 heteroatoms. The van der Waals surface area contributed by atoms with Crippen molar-refractivity contribution in [2.75, 3.05) is 12.3 Å². The van der Waals surface area contributed by atoms with E-state index in [-0.39, 0.29) is 23.8 Å². The van der Waals surface area contributed by atoms with Crippen molar-refractivity contribution >= 4 is 26.6 Å². The third-order valence-corrected chi connectivity index (χ3v) is 7.47. The van der Waals surface area contributed by atoms with Crippen molar-refractivity contribution in [2.24, 2.45) is 0 Å². The van der Waals surface area contributed by atoms with Crippen LogP contribution in [-0.4, -0.2) is 31.6 Å². The SMILES string of the molecule is Cc1nc2ccccc2c(-c2ccccc2)c1CC(=O)NCCCS(=O)(=O)Cc1ccccc1. The van der Waals surface area contributed by atoms with Crippen LogP contribution >= 0.6 is 0 Å². The second-order valence-corrected chi connectivity index (χ2v) is 10.6. The van der Waals surface area contributed by atoms with Gasteiger partial charge in [-0.15, -0.1) is 0 Å². The summed E-state index contributed by atoms with van der Waals surface area (Å²) in [5, 5.41) is 3.90. The van der Waals surface area contributed by atoms with Crippen LogP contribution in [-0.2, 0) is 26.8 Å². The Morgan fingerprint density at radius 3 is 2.26 bits per heavy atom. The van der Waals surface area contributed by atoms with E-state index < -0.39 is 9.84 Å². The molecule has 0 fully saturated rings. The zero-order valence-corrected chi connectivity index (χ0v) is 20.0. The summed E-state index contributed by atoms with van der Waals surface area (Å²) in [5.74, 6) is -0.0872. The van der Waals surface area contributed by atoms with Crippen LogP contribution in [0.15, 0.2) is 84.9 Å². The largest absolute Gasteiger partial charge is 0.356 e. The average molecular weight is 473 g/mol. The number of pyridine rings is 1. The van der Waals surface area contributed by atoms with Gasteiger partial charge in [0.25, 0.3) is 0 Å². The molecule has 0 atom stereocenters. The molecule has 1 heterocycles. The lowest BCUT2D eigenvalue weighted by Gasteiger charge is -2.16. The molecular formula is C28H28N2O3S. The number of aryl methyl sites for hydroxylation is 1. The van der Waals surface area contributed by atoms with Crippen LogP contribution in [0, 0.1) is 6.92 Å². The number of fused-ring (bicyclic) bond motifs is 1. The highest BCUT2D eigenvalue weighted by Crippen LogP contribution is 2.33. The highest BCUT2D eigenvalue weighted by molar-refractivity contribution is 7.90. The van der Waals surface area contributed by atoms with E-state index in [9.17, 15) is 13.2 Å². The van der Waals surface area contributed by atoms with Crippen LogP contribution in [0.2, 0.25) is 0 Å². The molecule has 1 N–H and O–H groups in total. The number of sulfone groups is 1. The molecule has 0 aliphatic rings. The van der Waals surface area contributed by atoms with Crippen molar-refractivity contribution < 1.29 is 13.2 Å². The fraction of sp³-hybridized carbons (Fsp3) is 0.214. The Hall–Kier alpha value is -3.51. The summed E-state index contributed by atoms with van der Waals surface area (Å²) in [6.45, 7) is 2.24. The van der Waals surface area contributed by atoms with Gasteiger partial charge in [0.2, 0.25) is 5.91 Å². The third-order valence-electron chi connectivity index (χ3n) is 5.78. The number of carbonyl (C=O) groups excluding carboxylic acids is 1. The first-order valence-electron chi connectivity index (χ1n) is 11.4. The molecule has 1 amide bonds. The molecule has 0 aliphatic carbocycles. The molecule has 0 aliphatic heterocycles. The van der Waals surface area contributed by atoms with E-state index in [2.05, 4.69) is 5.32 Å². The Morgan fingerprint density at radius 1 is 0.882 bits per heavy atom. The first-order valence-corrected chi connectivity index (χ1v) is 13.2. The molecule has 1 aromatic heterocycles. The summed E-state index contributed by atoms with van der Waals surface area (Å²) < 4.78 is 24.8. The van der Waals surface area contributed by atoms with Gasteiger partial charge in [0.15, 0.2) is 9.84 Å². The minimum Gasteiger partial charge on any atom is -0.356 e. The first kappa shape index (κ1) is 23.6. The maximum Gasteiger partial charge on any atom is 0.224 e. The summed E-state index contributed by atoms with van der Waals surface area (Å²) in [6.07, 6.45) is 0.562. The molecule has 174 valence electrons. The van der Waals surface area contributed by atoms with Gasteiger partial charge < -0.3 is 5.32 Å². The van der Waals surface area contributed by atoms with E-state index in [1.807, 2.05) is 91.9 Å². The van der Waals surface area contributed by atoms with Gasteiger partial charge in [-0.1, -0.05) is 78.9 Å². The minimum absolute atomic E-state index is 0.0180. The van der Waals surface area contributed by atoms with Crippen molar-refractivity contribution in [3.05, 3.63) is 102 Å². The molecule has 5 nitrogen and oxygen atoms in total. The Bertz CT molecular complexity index is 1390. The summed E-state index contributed by atoms with van der Waals surface area (Å²) in [7, 11) is -3.23. The highest BCUT2D eigenvalue weighted by atomic mass is 32.2. The van der Waals surface area contributed by atoms with Gasteiger partial charge in [-0.05, 0) is 41.7 Å². The molecule has 0 saturated carbocycles. The predicted octanol–water partition coefficient (Wildman–Crippen LogP) is 4.87. The number of aromatic nitrogens is 1. The van der Waals surface area contributed by atoms with Crippen molar-refractivity contribution in [1.82, 2.24) is 10.3 Å². The number of amides is 1. The second-order valence-electron chi connectivity index (χ2n) is 8.39. The summed E-state index contributed by atoms with van der Waals surface area (Å²) in [6, 6.07) is 27.1. The molecule has 0 unspecified atom stereocenters. The normalized spacial score (nSPS) is 11.4. The van der Waals surface area contributed by atoms with E-state index in [1.165, 1.54) is 0 Å². The van der Waals surface area contributed by atoms with E-state index >= 15 is 0 Å². The van der Waals surface area contributed by atoms with Crippen molar-refractivity contribution in [3.8, 4) is 11.1 Å². The molecule has 4 rings (SSSR count). The first-order chi connectivity index (χ1) is 16.4. The fourth-order valence-electron chi connectivity index (χ4n) is 4.17. The number of hydrogen-bond acceptors (Lipinski definition) is 4. The van der Waals surface area contributed by atoms with E-state index in [1.54, 1.807) is 0 Å². The molecule has 4 aromatic rings. The van der Waals surface area contributed by atoms with Crippen LogP contribution in [0.1, 0.15) is 23.2 Å². The number of benzene rings is 3. The zero-order valence-electron chi connectivity index (χ0n) is 19.2. The third kappa shape index (κ3) is 5.88. The van der Waals surface area contributed by atoms with Gasteiger partial charge in [-0.3, -0.25) is 9.78 Å². The second kappa shape index (κ2) is 10.6. The predicted molar refractivity (Wildman–Crippen MR) is 137 cm³/mol. The van der Waals surface area contributed by atoms with Gasteiger partial charge in [0, 0.05) is 17.6 Å². The molecule has 0 radical (unpaired) electrons. The number of nitrogens with zero attached hydrogens (tertiary/aromatic N) is 1. The van der Waals surface area contributed by atoms with Gasteiger partial charge in [-0.25, -0.2) is 8.42 Å². The van der Waals surface area contributed by atoms with Crippen molar-refractivity contribution in [3.63, 3.8) is 0 Å². The smallest absolute Gasteiger partial charge is 0.224 e. The lowest BCUT2D eigenvalue weighted by Crippen LogP contribution is -2.28. The van der Waals surface area contributed by atoms with Crippen LogP contribution < -0.4 is 5.32 Å². The molecular weight excluding hydrogens is 444 g/mol. The Balaban J connectivity index is 1.44. The lowest BCUT2D eigenvalue weighted by atomic mass is 9.92. The van der Waals surface area contributed by atoms with Gasteiger partial charge in [0.1, 0.15) is 0 Å². The molecule has 0 spiro atoms. The monoisotopic (exact) mass is 472 g/mol. The minimum atomic E-state index is -3.23. The lowest BCUT2D eigenvalue weighted by molar-refractivity contribution is -0.120. The molecule has 0 saturated heterocycles. The number of carbonyl (C=O) groups is 1. The fourth-order valence-corrected chi connectivity index (χ4v) is 5.60. The average Bonchev–Trinajstić information content (AvgIpc) is 2.83. The number of rotatable bonds is 9. The zero-order chi connectivity index (χ0) is 24.0.